The second-order valence-corrected chi connectivity index (χ2v) is 6.86. The van der Waals surface area contributed by atoms with Crippen LogP contribution >= 0.6 is 0 Å². The van der Waals surface area contributed by atoms with Crippen molar-refractivity contribution in [1.29, 1.82) is 0 Å². The van der Waals surface area contributed by atoms with Gasteiger partial charge in [-0.05, 0) is 43.9 Å². The molecule has 0 saturated heterocycles. The van der Waals surface area contributed by atoms with Crippen LogP contribution in [0, 0.1) is 11.8 Å². The highest BCUT2D eigenvalue weighted by atomic mass is 14.9. The van der Waals surface area contributed by atoms with Crippen molar-refractivity contribution in [1.82, 2.24) is 5.32 Å². The Kier molecular flexibility index (Phi) is 6.26. The van der Waals surface area contributed by atoms with E-state index in [0.717, 1.165) is 11.8 Å². The molecule has 0 aromatic rings. The van der Waals surface area contributed by atoms with E-state index in [2.05, 4.69) is 18.8 Å². The van der Waals surface area contributed by atoms with Gasteiger partial charge in [0.2, 0.25) is 0 Å². The number of nitrogens with one attached hydrogen (secondary N) is 1. The Morgan fingerprint density at radius 2 is 1.68 bits per heavy atom. The number of hydrogen-bond donors (Lipinski definition) is 1. The summed E-state index contributed by atoms with van der Waals surface area (Å²) < 4.78 is 0. The summed E-state index contributed by atoms with van der Waals surface area (Å²) in [5.41, 5.74) is 1.35. The van der Waals surface area contributed by atoms with E-state index in [-0.39, 0.29) is 0 Å². The number of allylic oxidation sites excluding steroid dienone is 1. The normalized spacial score (nSPS) is 22.8. The van der Waals surface area contributed by atoms with E-state index in [1.165, 1.54) is 82.7 Å². The third-order valence-electron chi connectivity index (χ3n) is 5.27. The van der Waals surface area contributed by atoms with Gasteiger partial charge in [0.15, 0.2) is 0 Å². The molecule has 0 bridgehead atoms. The monoisotopic (exact) mass is 263 g/mol. The van der Waals surface area contributed by atoms with E-state index in [9.17, 15) is 0 Å². The van der Waals surface area contributed by atoms with E-state index < -0.39 is 0 Å². The van der Waals surface area contributed by atoms with Gasteiger partial charge in [0, 0.05) is 11.7 Å². The first-order chi connectivity index (χ1) is 9.29. The fourth-order valence-corrected chi connectivity index (χ4v) is 4.03. The zero-order valence-electron chi connectivity index (χ0n) is 12.9. The SMILES string of the molecule is C=C(NC(CCC)CCC1CCCC1)C1CCCC1. The van der Waals surface area contributed by atoms with Gasteiger partial charge >= 0.3 is 0 Å². The summed E-state index contributed by atoms with van der Waals surface area (Å²) in [5.74, 6) is 1.80. The first kappa shape index (κ1) is 14.9. The quantitative estimate of drug-likeness (QED) is 0.616. The smallest absolute Gasteiger partial charge is 0.0258 e. The average molecular weight is 263 g/mol. The lowest BCUT2D eigenvalue weighted by Crippen LogP contribution is -2.31. The minimum Gasteiger partial charge on any atom is -0.386 e. The average Bonchev–Trinajstić information content (AvgIpc) is 3.09. The third-order valence-corrected chi connectivity index (χ3v) is 5.27. The molecule has 0 spiro atoms. The maximum atomic E-state index is 4.33. The van der Waals surface area contributed by atoms with Crippen molar-refractivity contribution in [3.05, 3.63) is 12.3 Å². The second kappa shape index (κ2) is 7.97. The molecule has 0 aliphatic heterocycles. The van der Waals surface area contributed by atoms with Crippen molar-refractivity contribution in [3.8, 4) is 0 Å². The molecule has 1 heteroatoms. The lowest BCUT2D eigenvalue weighted by Gasteiger charge is -2.25. The minimum absolute atomic E-state index is 0.693. The Hall–Kier alpha value is -0.460. The molecule has 1 N–H and O–H groups in total. The molecule has 0 heterocycles. The molecule has 0 aromatic heterocycles. The van der Waals surface area contributed by atoms with Crippen molar-refractivity contribution < 1.29 is 0 Å². The van der Waals surface area contributed by atoms with Crippen LogP contribution < -0.4 is 5.32 Å². The highest BCUT2D eigenvalue weighted by molar-refractivity contribution is 5.01. The van der Waals surface area contributed by atoms with Gasteiger partial charge in [-0.25, -0.2) is 0 Å². The van der Waals surface area contributed by atoms with E-state index in [1.807, 2.05) is 0 Å². The maximum absolute atomic E-state index is 4.33. The van der Waals surface area contributed by atoms with E-state index >= 15 is 0 Å². The fourth-order valence-electron chi connectivity index (χ4n) is 4.03. The summed E-state index contributed by atoms with van der Waals surface area (Å²) >= 11 is 0. The molecule has 2 aliphatic rings. The predicted molar refractivity (Wildman–Crippen MR) is 84.1 cm³/mol. The summed E-state index contributed by atoms with van der Waals surface area (Å²) in [6, 6.07) is 0.693. The fraction of sp³-hybridized carbons (Fsp3) is 0.889. The van der Waals surface area contributed by atoms with Crippen LogP contribution in [0.4, 0.5) is 0 Å². The van der Waals surface area contributed by atoms with Crippen LogP contribution in [0.25, 0.3) is 0 Å². The van der Waals surface area contributed by atoms with Crippen molar-refractivity contribution in [2.24, 2.45) is 11.8 Å². The minimum atomic E-state index is 0.693. The molecule has 2 rings (SSSR count). The first-order valence-electron chi connectivity index (χ1n) is 8.75. The lowest BCUT2D eigenvalue weighted by atomic mass is 9.95. The van der Waals surface area contributed by atoms with Crippen molar-refractivity contribution in [3.63, 3.8) is 0 Å². The van der Waals surface area contributed by atoms with Crippen molar-refractivity contribution in [2.75, 3.05) is 0 Å². The Bertz CT molecular complexity index is 259. The molecule has 0 radical (unpaired) electrons. The van der Waals surface area contributed by atoms with Crippen LogP contribution in [0.5, 0.6) is 0 Å². The van der Waals surface area contributed by atoms with Crippen LogP contribution in [0.3, 0.4) is 0 Å². The van der Waals surface area contributed by atoms with Crippen LogP contribution in [-0.2, 0) is 0 Å². The topological polar surface area (TPSA) is 12.0 Å². The van der Waals surface area contributed by atoms with Gasteiger partial charge in [0.05, 0.1) is 0 Å². The van der Waals surface area contributed by atoms with Gasteiger partial charge in [-0.2, -0.15) is 0 Å². The van der Waals surface area contributed by atoms with Crippen molar-refractivity contribution in [2.45, 2.75) is 90.0 Å². The van der Waals surface area contributed by atoms with Gasteiger partial charge in [-0.1, -0.05) is 58.4 Å². The summed E-state index contributed by atoms with van der Waals surface area (Å²) in [7, 11) is 0. The predicted octanol–water partition coefficient (Wildman–Crippen LogP) is 5.42. The molecule has 19 heavy (non-hydrogen) atoms. The second-order valence-electron chi connectivity index (χ2n) is 6.86. The highest BCUT2D eigenvalue weighted by Gasteiger charge is 2.21. The Morgan fingerprint density at radius 1 is 1.05 bits per heavy atom. The van der Waals surface area contributed by atoms with Gasteiger partial charge < -0.3 is 5.32 Å². The Balaban J connectivity index is 1.72. The van der Waals surface area contributed by atoms with Gasteiger partial charge in [0.1, 0.15) is 0 Å². The largest absolute Gasteiger partial charge is 0.386 e. The van der Waals surface area contributed by atoms with Crippen LogP contribution in [0.2, 0.25) is 0 Å². The molecule has 1 nitrogen and oxygen atoms in total. The van der Waals surface area contributed by atoms with E-state index in [0.29, 0.717) is 6.04 Å². The van der Waals surface area contributed by atoms with Crippen LogP contribution in [0.1, 0.15) is 84.0 Å². The molecular weight excluding hydrogens is 230 g/mol. The van der Waals surface area contributed by atoms with Crippen molar-refractivity contribution >= 4 is 0 Å². The highest BCUT2D eigenvalue weighted by Crippen LogP contribution is 2.31. The molecule has 2 saturated carbocycles. The summed E-state index contributed by atoms with van der Waals surface area (Å²) in [4.78, 5) is 0. The molecule has 1 unspecified atom stereocenters. The Labute approximate surface area is 120 Å². The number of hydrogen-bond acceptors (Lipinski definition) is 1. The van der Waals surface area contributed by atoms with E-state index in [1.54, 1.807) is 0 Å². The summed E-state index contributed by atoms with van der Waals surface area (Å²) in [6.07, 6.45) is 16.9. The van der Waals surface area contributed by atoms with Gasteiger partial charge in [-0.3, -0.25) is 0 Å². The standard InChI is InChI=1S/C18H33N/c1-3-8-18(14-13-16-9-4-5-10-16)19-15(2)17-11-6-7-12-17/h16-19H,2-14H2,1H3. The third kappa shape index (κ3) is 4.85. The zero-order valence-corrected chi connectivity index (χ0v) is 12.9. The van der Waals surface area contributed by atoms with Gasteiger partial charge in [0.25, 0.3) is 0 Å². The molecular formula is C18H33N. The van der Waals surface area contributed by atoms with Crippen LogP contribution in [-0.4, -0.2) is 6.04 Å². The van der Waals surface area contributed by atoms with Gasteiger partial charge in [-0.15, -0.1) is 0 Å². The zero-order chi connectivity index (χ0) is 13.5. The molecule has 2 aliphatic carbocycles. The molecule has 0 aromatic carbocycles. The molecule has 1 atom stereocenters. The van der Waals surface area contributed by atoms with E-state index in [4.69, 9.17) is 0 Å². The molecule has 0 amide bonds. The Morgan fingerprint density at radius 3 is 2.32 bits per heavy atom. The first-order valence-corrected chi connectivity index (χ1v) is 8.75. The molecule has 110 valence electrons. The maximum Gasteiger partial charge on any atom is 0.0258 e. The number of rotatable bonds is 8. The summed E-state index contributed by atoms with van der Waals surface area (Å²) in [5, 5.41) is 3.79. The molecule has 2 fully saturated rings. The van der Waals surface area contributed by atoms with Crippen LogP contribution in [0.15, 0.2) is 12.3 Å². The lowest BCUT2D eigenvalue weighted by molar-refractivity contribution is 0.392. The summed E-state index contributed by atoms with van der Waals surface area (Å²) in [6.45, 7) is 6.64.